The second-order valence-electron chi connectivity index (χ2n) is 1.58. The molecule has 0 radical (unpaired) electrons. The Bertz CT molecular complexity index is 110. The quantitative estimate of drug-likeness (QED) is 0.451. The number of hydrogen-bond acceptors (Lipinski definition) is 2. The smallest absolute Gasteiger partial charge is 0.395 e. The fourth-order valence-electron chi connectivity index (χ4n) is 0.279. The first-order chi connectivity index (χ1) is 4.56. The fourth-order valence-corrected chi connectivity index (χ4v) is 0.279. The molecule has 0 aliphatic carbocycles. The molecule has 60 valence electrons. The Morgan fingerprint density at radius 2 is 2.10 bits per heavy atom. The minimum atomic E-state index is -4.60. The van der Waals surface area contributed by atoms with E-state index >= 15 is 0 Å². The molecule has 0 aliphatic rings. The summed E-state index contributed by atoms with van der Waals surface area (Å²) in [6, 6.07) is 0. The Morgan fingerprint density at radius 1 is 1.50 bits per heavy atom. The molecule has 0 aromatic rings. The van der Waals surface area contributed by atoms with Crippen LogP contribution in [0.4, 0.5) is 13.2 Å². The molecule has 0 fully saturated rings. The van der Waals surface area contributed by atoms with Crippen molar-refractivity contribution < 1.29 is 17.9 Å². The number of aliphatic imine (C=N–C) groups is 1. The van der Waals surface area contributed by atoms with Crippen LogP contribution >= 0.6 is 0 Å². The summed E-state index contributed by atoms with van der Waals surface area (Å²) in [6.45, 7) is 2.17. The maximum atomic E-state index is 11.2. The fraction of sp³-hybridized carbons (Fsp3) is 0.800. The summed E-state index contributed by atoms with van der Waals surface area (Å²) in [5.74, 6) is 0. The Balaban J connectivity index is 3.34. The standard InChI is InChI=1S/C5H8F3NO/c1-2-3-9-4-10-5(6,7)8/h4H,2-3H2,1H3. The maximum Gasteiger partial charge on any atom is 0.573 e. The summed E-state index contributed by atoms with van der Waals surface area (Å²) in [5, 5.41) is 0. The number of halogens is 3. The van der Waals surface area contributed by atoms with E-state index in [0.717, 1.165) is 0 Å². The lowest BCUT2D eigenvalue weighted by Gasteiger charge is -2.01. The van der Waals surface area contributed by atoms with Gasteiger partial charge in [-0.3, -0.25) is 4.99 Å². The zero-order chi connectivity index (χ0) is 8.04. The van der Waals surface area contributed by atoms with Gasteiger partial charge in [0, 0.05) is 6.54 Å². The Hall–Kier alpha value is -0.740. The molecule has 2 nitrogen and oxygen atoms in total. The van der Waals surface area contributed by atoms with E-state index in [1.54, 1.807) is 0 Å². The van der Waals surface area contributed by atoms with Gasteiger partial charge in [0.1, 0.15) is 0 Å². The normalized spacial score (nSPS) is 12.4. The van der Waals surface area contributed by atoms with Gasteiger partial charge in [-0.2, -0.15) is 0 Å². The third-order valence-corrected chi connectivity index (χ3v) is 0.614. The van der Waals surface area contributed by atoms with Crippen LogP contribution in [0.1, 0.15) is 13.3 Å². The van der Waals surface area contributed by atoms with E-state index in [0.29, 0.717) is 19.4 Å². The molecule has 0 aromatic carbocycles. The van der Waals surface area contributed by atoms with Crippen molar-refractivity contribution >= 4 is 6.40 Å². The lowest BCUT2D eigenvalue weighted by Crippen LogP contribution is -2.11. The van der Waals surface area contributed by atoms with Crippen LogP contribution in [-0.2, 0) is 4.74 Å². The molecular weight excluding hydrogens is 147 g/mol. The van der Waals surface area contributed by atoms with Crippen LogP contribution in [-0.4, -0.2) is 19.3 Å². The third kappa shape index (κ3) is 7.26. The Labute approximate surface area is 56.7 Å². The molecule has 0 atom stereocenters. The Kier molecular flexibility index (Phi) is 3.83. The van der Waals surface area contributed by atoms with Crippen molar-refractivity contribution in [1.29, 1.82) is 0 Å². The molecular formula is C5H8F3NO. The average molecular weight is 155 g/mol. The SMILES string of the molecule is CCCN=COC(F)(F)F. The van der Waals surface area contributed by atoms with E-state index in [4.69, 9.17) is 0 Å². The molecule has 0 bridgehead atoms. The summed E-state index contributed by atoms with van der Waals surface area (Å²) in [5.41, 5.74) is 0. The number of hydrogen-bond donors (Lipinski definition) is 0. The number of ether oxygens (including phenoxy) is 1. The maximum absolute atomic E-state index is 11.2. The van der Waals surface area contributed by atoms with Crippen molar-refractivity contribution in [2.75, 3.05) is 6.54 Å². The van der Waals surface area contributed by atoms with Crippen LogP contribution in [0.5, 0.6) is 0 Å². The summed E-state index contributed by atoms with van der Waals surface area (Å²) in [4.78, 5) is 3.31. The van der Waals surface area contributed by atoms with Crippen LogP contribution in [0.25, 0.3) is 0 Å². The van der Waals surface area contributed by atoms with Gasteiger partial charge >= 0.3 is 6.36 Å². The molecule has 0 amide bonds. The number of alkyl halides is 3. The highest BCUT2D eigenvalue weighted by atomic mass is 19.4. The van der Waals surface area contributed by atoms with E-state index in [2.05, 4.69) is 9.73 Å². The van der Waals surface area contributed by atoms with Crippen molar-refractivity contribution in [3.05, 3.63) is 0 Å². The molecule has 0 rings (SSSR count). The lowest BCUT2D eigenvalue weighted by molar-refractivity contribution is -0.280. The summed E-state index contributed by atoms with van der Waals surface area (Å²) in [6.07, 6.45) is -3.47. The van der Waals surface area contributed by atoms with E-state index in [9.17, 15) is 13.2 Å². The first kappa shape index (κ1) is 9.26. The van der Waals surface area contributed by atoms with Gasteiger partial charge < -0.3 is 4.74 Å². The minimum Gasteiger partial charge on any atom is -0.395 e. The summed E-state index contributed by atoms with van der Waals surface area (Å²) < 4.78 is 36.7. The lowest BCUT2D eigenvalue weighted by atomic mass is 10.5. The molecule has 0 unspecified atom stereocenters. The highest BCUT2D eigenvalue weighted by molar-refractivity contribution is 5.46. The highest BCUT2D eigenvalue weighted by Crippen LogP contribution is 2.14. The van der Waals surface area contributed by atoms with Crippen LogP contribution in [0.3, 0.4) is 0 Å². The Morgan fingerprint density at radius 3 is 2.50 bits per heavy atom. The van der Waals surface area contributed by atoms with Gasteiger partial charge in [0.2, 0.25) is 0 Å². The summed E-state index contributed by atoms with van der Waals surface area (Å²) >= 11 is 0. The number of rotatable bonds is 3. The average Bonchev–Trinajstić information content (AvgIpc) is 1.78. The summed E-state index contributed by atoms with van der Waals surface area (Å²) in [7, 11) is 0. The van der Waals surface area contributed by atoms with Crippen molar-refractivity contribution in [3.63, 3.8) is 0 Å². The predicted molar refractivity (Wildman–Crippen MR) is 30.8 cm³/mol. The minimum absolute atomic E-state index is 0.357. The van der Waals surface area contributed by atoms with Gasteiger partial charge in [0.15, 0.2) is 6.40 Å². The van der Waals surface area contributed by atoms with Gasteiger partial charge in [-0.25, -0.2) is 0 Å². The number of nitrogens with zero attached hydrogens (tertiary/aromatic N) is 1. The molecule has 0 saturated heterocycles. The molecule has 0 heterocycles. The van der Waals surface area contributed by atoms with Gasteiger partial charge in [0.25, 0.3) is 0 Å². The second-order valence-corrected chi connectivity index (χ2v) is 1.58. The first-order valence-corrected chi connectivity index (χ1v) is 2.79. The molecule has 0 aromatic heterocycles. The highest BCUT2D eigenvalue weighted by Gasteiger charge is 2.29. The zero-order valence-corrected chi connectivity index (χ0v) is 5.48. The van der Waals surface area contributed by atoms with E-state index in [1.807, 2.05) is 6.92 Å². The largest absolute Gasteiger partial charge is 0.573 e. The van der Waals surface area contributed by atoms with Crippen molar-refractivity contribution in [2.24, 2.45) is 4.99 Å². The van der Waals surface area contributed by atoms with Crippen LogP contribution in [0.2, 0.25) is 0 Å². The van der Waals surface area contributed by atoms with Gasteiger partial charge in [0.05, 0.1) is 0 Å². The topological polar surface area (TPSA) is 21.6 Å². The van der Waals surface area contributed by atoms with Crippen molar-refractivity contribution in [2.45, 2.75) is 19.7 Å². The third-order valence-electron chi connectivity index (χ3n) is 0.614. The molecule has 10 heavy (non-hydrogen) atoms. The molecule has 5 heteroatoms. The molecule has 0 aliphatic heterocycles. The van der Waals surface area contributed by atoms with Crippen LogP contribution < -0.4 is 0 Å². The van der Waals surface area contributed by atoms with Gasteiger partial charge in [-0.05, 0) is 6.42 Å². The van der Waals surface area contributed by atoms with E-state index < -0.39 is 6.36 Å². The van der Waals surface area contributed by atoms with E-state index in [1.165, 1.54) is 0 Å². The molecule has 0 saturated carbocycles. The first-order valence-electron chi connectivity index (χ1n) is 2.79. The van der Waals surface area contributed by atoms with Crippen molar-refractivity contribution in [3.8, 4) is 0 Å². The predicted octanol–water partition coefficient (Wildman–Crippen LogP) is 1.96. The van der Waals surface area contributed by atoms with Crippen molar-refractivity contribution in [1.82, 2.24) is 0 Å². The van der Waals surface area contributed by atoms with Crippen LogP contribution in [0.15, 0.2) is 4.99 Å². The monoisotopic (exact) mass is 155 g/mol. The van der Waals surface area contributed by atoms with Gasteiger partial charge in [-0.1, -0.05) is 6.92 Å². The molecule has 0 N–H and O–H groups in total. The zero-order valence-electron chi connectivity index (χ0n) is 5.48. The van der Waals surface area contributed by atoms with Crippen LogP contribution in [0, 0.1) is 0 Å². The van der Waals surface area contributed by atoms with Gasteiger partial charge in [-0.15, -0.1) is 13.2 Å². The molecule has 0 spiro atoms. The second kappa shape index (κ2) is 4.14. The van der Waals surface area contributed by atoms with E-state index in [-0.39, 0.29) is 0 Å².